The minimum Gasteiger partial charge on any atom is -0.494 e. The molecule has 1 aromatic rings. The van der Waals surface area contributed by atoms with Crippen LogP contribution < -0.4 is 4.74 Å². The van der Waals surface area contributed by atoms with Crippen molar-refractivity contribution >= 4 is 10.2 Å². The van der Waals surface area contributed by atoms with E-state index in [0.29, 0.717) is 38.5 Å². The average molecular weight is 401 g/mol. The molecule has 2 fully saturated rings. The fourth-order valence-corrected chi connectivity index (χ4v) is 4.95. The number of benzene rings is 1. The molecule has 2 heterocycles. The molecule has 0 bridgehead atoms. The predicted molar refractivity (Wildman–Crippen MR) is 103 cm³/mol. The number of rotatable bonds is 7. The smallest absolute Gasteiger partial charge is 0.282 e. The van der Waals surface area contributed by atoms with Crippen LogP contribution in [0.15, 0.2) is 24.3 Å². The van der Waals surface area contributed by atoms with Gasteiger partial charge in [0.15, 0.2) is 0 Å². The number of likely N-dealkylation sites (N-methyl/N-ethyl adjacent to an activating group) is 1. The van der Waals surface area contributed by atoms with Crippen molar-refractivity contribution in [2.45, 2.75) is 6.42 Å². The third-order valence-corrected chi connectivity index (χ3v) is 7.18. The first-order chi connectivity index (χ1) is 12.9. The van der Waals surface area contributed by atoms with Crippen LogP contribution in [-0.4, -0.2) is 99.4 Å². The summed E-state index contributed by atoms with van der Waals surface area (Å²) in [5.74, 6) is 0.395. The second-order valence-corrected chi connectivity index (χ2v) is 9.04. The highest BCUT2D eigenvalue weighted by Gasteiger charge is 2.33. The first-order valence-electron chi connectivity index (χ1n) is 9.49. The van der Waals surface area contributed by atoms with Gasteiger partial charge < -0.3 is 14.5 Å². The van der Waals surface area contributed by atoms with Gasteiger partial charge in [0, 0.05) is 58.9 Å². The van der Waals surface area contributed by atoms with Gasteiger partial charge >= 0.3 is 0 Å². The molecule has 2 aliphatic rings. The van der Waals surface area contributed by atoms with Crippen LogP contribution >= 0.6 is 0 Å². The Bertz CT molecular complexity index is 685. The number of hydrogen-bond acceptors (Lipinski definition) is 5. The monoisotopic (exact) mass is 400 g/mol. The van der Waals surface area contributed by atoms with Gasteiger partial charge in [-0.2, -0.15) is 17.0 Å². The average Bonchev–Trinajstić information content (AvgIpc) is 2.67. The zero-order chi connectivity index (χ0) is 19.3. The van der Waals surface area contributed by atoms with Crippen LogP contribution in [0.3, 0.4) is 0 Å². The van der Waals surface area contributed by atoms with Gasteiger partial charge in [-0.1, -0.05) is 0 Å². The van der Waals surface area contributed by atoms with Gasteiger partial charge in [-0.05, 0) is 37.7 Å². The molecule has 0 spiro atoms. The van der Waals surface area contributed by atoms with Crippen molar-refractivity contribution in [2.24, 2.45) is 0 Å². The first kappa shape index (κ1) is 20.5. The van der Waals surface area contributed by atoms with Crippen molar-refractivity contribution in [2.75, 3.05) is 72.6 Å². The molecule has 7 nitrogen and oxygen atoms in total. The molecule has 0 aliphatic carbocycles. The van der Waals surface area contributed by atoms with Gasteiger partial charge in [-0.15, -0.1) is 0 Å². The molecular weight excluding hydrogens is 371 g/mol. The van der Waals surface area contributed by atoms with Crippen LogP contribution in [0.1, 0.15) is 6.42 Å². The maximum absolute atomic E-state index is 12.9. The van der Waals surface area contributed by atoms with Gasteiger partial charge in [-0.25, -0.2) is 4.39 Å². The lowest BCUT2D eigenvalue weighted by atomic mass is 10.3. The van der Waals surface area contributed by atoms with E-state index in [1.54, 1.807) is 20.7 Å². The van der Waals surface area contributed by atoms with Crippen LogP contribution in [0, 0.1) is 5.82 Å². The standard InChI is InChI=1S/C18H29FN4O3S/c1-20-8-12-22(13-9-20)27(24,25)23-14-10-21(11-15-23)7-2-16-26-18-5-3-17(19)4-6-18/h3-6H,2,7-16H2,1H3. The summed E-state index contributed by atoms with van der Waals surface area (Å²) >= 11 is 0. The second-order valence-electron chi connectivity index (χ2n) is 7.11. The predicted octanol–water partition coefficient (Wildman–Crippen LogP) is 0.704. The fraction of sp³-hybridized carbons (Fsp3) is 0.667. The summed E-state index contributed by atoms with van der Waals surface area (Å²) in [6.07, 6.45) is 0.850. The third kappa shape index (κ3) is 5.61. The van der Waals surface area contributed by atoms with E-state index in [1.165, 1.54) is 12.1 Å². The summed E-state index contributed by atoms with van der Waals surface area (Å²) in [5, 5.41) is 0. The van der Waals surface area contributed by atoms with Crippen molar-refractivity contribution in [3.63, 3.8) is 0 Å². The molecule has 0 radical (unpaired) electrons. The maximum atomic E-state index is 12.9. The van der Waals surface area contributed by atoms with Gasteiger partial charge in [0.25, 0.3) is 10.2 Å². The molecule has 0 amide bonds. The quantitative estimate of drug-likeness (QED) is 0.631. The van der Waals surface area contributed by atoms with Gasteiger partial charge in [0.05, 0.1) is 6.61 Å². The molecule has 0 aromatic heterocycles. The number of hydrogen-bond donors (Lipinski definition) is 0. The van der Waals surface area contributed by atoms with Crippen LogP contribution in [0.5, 0.6) is 5.75 Å². The molecule has 0 atom stereocenters. The van der Waals surface area contributed by atoms with Crippen molar-refractivity contribution in [1.82, 2.24) is 18.4 Å². The van der Waals surface area contributed by atoms with E-state index in [2.05, 4.69) is 9.80 Å². The Morgan fingerprint density at radius 1 is 0.926 bits per heavy atom. The highest BCUT2D eigenvalue weighted by atomic mass is 32.2. The molecule has 0 unspecified atom stereocenters. The number of nitrogens with zero attached hydrogens (tertiary/aromatic N) is 4. The molecule has 0 N–H and O–H groups in total. The van der Waals surface area contributed by atoms with Crippen LogP contribution in [0.4, 0.5) is 4.39 Å². The molecular formula is C18H29FN4O3S. The largest absolute Gasteiger partial charge is 0.494 e. The number of piperazine rings is 2. The first-order valence-corrected chi connectivity index (χ1v) is 10.9. The molecule has 27 heavy (non-hydrogen) atoms. The summed E-state index contributed by atoms with van der Waals surface area (Å²) < 4.78 is 47.2. The minimum absolute atomic E-state index is 0.272. The Labute approximate surface area is 161 Å². The van der Waals surface area contributed by atoms with E-state index < -0.39 is 10.2 Å². The van der Waals surface area contributed by atoms with E-state index in [9.17, 15) is 12.8 Å². The van der Waals surface area contributed by atoms with Crippen molar-refractivity contribution < 1.29 is 17.5 Å². The lowest BCUT2D eigenvalue weighted by molar-refractivity contribution is 0.161. The van der Waals surface area contributed by atoms with E-state index in [4.69, 9.17) is 4.74 Å². The Kier molecular flexibility index (Phi) is 7.04. The minimum atomic E-state index is -3.34. The Morgan fingerprint density at radius 3 is 2.07 bits per heavy atom. The summed E-state index contributed by atoms with van der Waals surface area (Å²) in [5.41, 5.74) is 0. The Hall–Kier alpha value is -1.26. The zero-order valence-electron chi connectivity index (χ0n) is 15.9. The van der Waals surface area contributed by atoms with Crippen molar-refractivity contribution in [1.29, 1.82) is 0 Å². The van der Waals surface area contributed by atoms with Crippen LogP contribution in [0.25, 0.3) is 0 Å². The summed E-state index contributed by atoms with van der Waals surface area (Å²) in [4.78, 5) is 4.42. The molecule has 9 heteroatoms. The molecule has 1 aromatic carbocycles. The highest BCUT2D eigenvalue weighted by Crippen LogP contribution is 2.15. The highest BCUT2D eigenvalue weighted by molar-refractivity contribution is 7.86. The zero-order valence-corrected chi connectivity index (χ0v) is 16.7. The summed E-state index contributed by atoms with van der Waals surface area (Å²) in [6, 6.07) is 6.01. The summed E-state index contributed by atoms with van der Waals surface area (Å²) in [7, 11) is -1.32. The molecule has 152 valence electrons. The Balaban J connectivity index is 1.36. The van der Waals surface area contributed by atoms with Crippen molar-refractivity contribution in [3.8, 4) is 5.75 Å². The lowest BCUT2D eigenvalue weighted by Crippen LogP contribution is -2.56. The molecule has 2 saturated heterocycles. The van der Waals surface area contributed by atoms with Gasteiger partial charge in [-0.3, -0.25) is 0 Å². The van der Waals surface area contributed by atoms with E-state index in [0.717, 1.165) is 39.1 Å². The van der Waals surface area contributed by atoms with Crippen molar-refractivity contribution in [3.05, 3.63) is 30.1 Å². The molecule has 0 saturated carbocycles. The van der Waals surface area contributed by atoms with E-state index >= 15 is 0 Å². The van der Waals surface area contributed by atoms with E-state index in [1.807, 2.05) is 7.05 Å². The normalized spacial score (nSPS) is 21.4. The van der Waals surface area contributed by atoms with Gasteiger partial charge in [0.1, 0.15) is 11.6 Å². The lowest BCUT2D eigenvalue weighted by Gasteiger charge is -2.39. The number of halogens is 1. The maximum Gasteiger partial charge on any atom is 0.282 e. The van der Waals surface area contributed by atoms with Crippen LogP contribution in [0.2, 0.25) is 0 Å². The van der Waals surface area contributed by atoms with Crippen LogP contribution in [-0.2, 0) is 10.2 Å². The van der Waals surface area contributed by atoms with Gasteiger partial charge in [0.2, 0.25) is 0 Å². The molecule has 2 aliphatic heterocycles. The van der Waals surface area contributed by atoms with E-state index in [-0.39, 0.29) is 5.82 Å². The molecule has 3 rings (SSSR count). The third-order valence-electron chi connectivity index (χ3n) is 5.15. The summed E-state index contributed by atoms with van der Waals surface area (Å²) in [6.45, 7) is 6.68. The fourth-order valence-electron chi connectivity index (χ4n) is 3.37. The number of ether oxygens (including phenoxy) is 1. The topological polar surface area (TPSA) is 56.3 Å². The Morgan fingerprint density at radius 2 is 1.48 bits per heavy atom. The second kappa shape index (κ2) is 9.29. The SMILES string of the molecule is CN1CCN(S(=O)(=O)N2CCN(CCCOc3ccc(F)cc3)CC2)CC1.